The first-order chi connectivity index (χ1) is 3.18. The highest BCUT2D eigenvalue weighted by Crippen LogP contribution is 2.06. The van der Waals surface area contributed by atoms with Crippen LogP contribution in [0.2, 0.25) is 0 Å². The van der Waals surface area contributed by atoms with Crippen LogP contribution in [0.4, 0.5) is 0 Å². The summed E-state index contributed by atoms with van der Waals surface area (Å²) in [4.78, 5) is 0. The molecule has 0 amide bonds. The Morgan fingerprint density at radius 2 is 2.43 bits per heavy atom. The lowest BCUT2D eigenvalue weighted by molar-refractivity contribution is 0.392. The lowest BCUT2D eigenvalue weighted by Crippen LogP contribution is -1.97. The molecule has 0 fully saturated rings. The third-order valence-electron chi connectivity index (χ3n) is 0.720. The van der Waals surface area contributed by atoms with Crippen LogP contribution < -0.4 is 0 Å². The summed E-state index contributed by atoms with van der Waals surface area (Å²) in [6.45, 7) is 5.14. The Hall–Kier alpha value is -0.170. The summed E-state index contributed by atoms with van der Waals surface area (Å²) in [5, 5.41) is 8.23. The average Bonchev–Trinajstić information content (AvgIpc) is 1.65. The van der Waals surface area contributed by atoms with Gasteiger partial charge >= 0.3 is 0 Å². The van der Waals surface area contributed by atoms with E-state index in [2.05, 4.69) is 6.58 Å². The molecule has 0 aromatic rings. The summed E-state index contributed by atoms with van der Waals surface area (Å²) in [6, 6.07) is 0. The first-order valence-electron chi connectivity index (χ1n) is 2.20. The van der Waals surface area contributed by atoms with Crippen LogP contribution in [0, 0.1) is 0 Å². The SMILES string of the molecule is C=C(O)C(Cl)CC. The first kappa shape index (κ1) is 6.83. The van der Waals surface area contributed by atoms with Crippen molar-refractivity contribution in [2.45, 2.75) is 18.7 Å². The number of aliphatic hydroxyl groups is 1. The van der Waals surface area contributed by atoms with Crippen molar-refractivity contribution < 1.29 is 5.11 Å². The molecule has 0 aliphatic carbocycles. The fraction of sp³-hybridized carbons (Fsp3) is 0.600. The smallest absolute Gasteiger partial charge is 0.103 e. The van der Waals surface area contributed by atoms with E-state index in [1.807, 2.05) is 6.92 Å². The zero-order valence-corrected chi connectivity index (χ0v) is 5.07. The molecular formula is C5H9ClO. The highest BCUT2D eigenvalue weighted by Gasteiger charge is 2.00. The van der Waals surface area contributed by atoms with Crippen molar-refractivity contribution in [1.29, 1.82) is 0 Å². The molecule has 0 bridgehead atoms. The standard InChI is InChI=1S/C5H9ClO/c1-3-5(6)4(2)7/h5,7H,2-3H2,1H3. The van der Waals surface area contributed by atoms with Crippen LogP contribution in [0.3, 0.4) is 0 Å². The Morgan fingerprint density at radius 1 is 2.00 bits per heavy atom. The maximum Gasteiger partial charge on any atom is 0.103 e. The zero-order chi connectivity index (χ0) is 5.86. The fourth-order valence-electron chi connectivity index (χ4n) is 0.236. The first-order valence-corrected chi connectivity index (χ1v) is 2.64. The van der Waals surface area contributed by atoms with E-state index in [0.29, 0.717) is 0 Å². The molecule has 1 atom stereocenters. The molecule has 1 N–H and O–H groups in total. The number of alkyl halides is 1. The minimum atomic E-state index is -0.264. The molecule has 0 aromatic heterocycles. The molecule has 1 nitrogen and oxygen atoms in total. The van der Waals surface area contributed by atoms with Gasteiger partial charge in [-0.1, -0.05) is 13.5 Å². The Bertz CT molecular complexity index is 70.5. The van der Waals surface area contributed by atoms with Gasteiger partial charge in [-0.3, -0.25) is 0 Å². The van der Waals surface area contributed by atoms with E-state index in [1.165, 1.54) is 0 Å². The van der Waals surface area contributed by atoms with Crippen molar-refractivity contribution in [3.63, 3.8) is 0 Å². The van der Waals surface area contributed by atoms with Gasteiger partial charge in [0, 0.05) is 0 Å². The van der Waals surface area contributed by atoms with Crippen LogP contribution in [0.15, 0.2) is 12.3 Å². The van der Waals surface area contributed by atoms with Gasteiger partial charge in [-0.05, 0) is 6.42 Å². The summed E-state index contributed by atoms with van der Waals surface area (Å²) in [7, 11) is 0. The molecule has 2 heteroatoms. The quantitative estimate of drug-likeness (QED) is 0.437. The van der Waals surface area contributed by atoms with Gasteiger partial charge in [-0.25, -0.2) is 0 Å². The third-order valence-corrected chi connectivity index (χ3v) is 1.28. The summed E-state index contributed by atoms with van der Waals surface area (Å²) in [6.07, 6.45) is 0.733. The maximum absolute atomic E-state index is 8.49. The van der Waals surface area contributed by atoms with E-state index >= 15 is 0 Å². The molecule has 42 valence electrons. The minimum absolute atomic E-state index is 0.0594. The van der Waals surface area contributed by atoms with E-state index in [1.54, 1.807) is 0 Å². The predicted molar refractivity (Wildman–Crippen MR) is 31.7 cm³/mol. The van der Waals surface area contributed by atoms with Gasteiger partial charge in [0.05, 0.1) is 5.38 Å². The van der Waals surface area contributed by atoms with Crippen LogP contribution in [-0.4, -0.2) is 10.5 Å². The van der Waals surface area contributed by atoms with Crippen LogP contribution >= 0.6 is 11.6 Å². The molecule has 1 unspecified atom stereocenters. The van der Waals surface area contributed by atoms with Gasteiger partial charge in [0.1, 0.15) is 5.76 Å². The number of allylic oxidation sites excluding steroid dienone is 1. The van der Waals surface area contributed by atoms with Gasteiger partial charge in [0.15, 0.2) is 0 Å². The fourth-order valence-corrected chi connectivity index (χ4v) is 0.236. The molecule has 0 saturated carbocycles. The van der Waals surface area contributed by atoms with Crippen LogP contribution in [-0.2, 0) is 0 Å². The highest BCUT2D eigenvalue weighted by atomic mass is 35.5. The van der Waals surface area contributed by atoms with Crippen molar-refractivity contribution in [2.75, 3.05) is 0 Å². The second-order valence-electron chi connectivity index (χ2n) is 1.37. The minimum Gasteiger partial charge on any atom is -0.511 e. The van der Waals surface area contributed by atoms with Crippen molar-refractivity contribution >= 4 is 11.6 Å². The molecule has 0 spiro atoms. The molecule has 0 rings (SSSR count). The molecule has 0 radical (unpaired) electrons. The Kier molecular flexibility index (Phi) is 2.84. The van der Waals surface area contributed by atoms with Gasteiger partial charge in [-0.15, -0.1) is 11.6 Å². The highest BCUT2D eigenvalue weighted by molar-refractivity contribution is 6.22. The van der Waals surface area contributed by atoms with Gasteiger partial charge in [0.25, 0.3) is 0 Å². The number of aliphatic hydroxyl groups excluding tert-OH is 1. The van der Waals surface area contributed by atoms with Crippen molar-refractivity contribution in [1.82, 2.24) is 0 Å². The maximum atomic E-state index is 8.49. The summed E-state index contributed by atoms with van der Waals surface area (Å²) in [5.74, 6) is 0.0594. The van der Waals surface area contributed by atoms with Crippen LogP contribution in [0.1, 0.15) is 13.3 Å². The van der Waals surface area contributed by atoms with E-state index in [4.69, 9.17) is 16.7 Å². The van der Waals surface area contributed by atoms with E-state index in [9.17, 15) is 0 Å². The van der Waals surface area contributed by atoms with Crippen molar-refractivity contribution in [3.8, 4) is 0 Å². The molecule has 0 saturated heterocycles. The monoisotopic (exact) mass is 120 g/mol. The van der Waals surface area contributed by atoms with Gasteiger partial charge in [-0.2, -0.15) is 0 Å². The molecule has 0 aliphatic heterocycles. The summed E-state index contributed by atoms with van der Waals surface area (Å²) >= 11 is 5.45. The lowest BCUT2D eigenvalue weighted by Gasteiger charge is -1.99. The van der Waals surface area contributed by atoms with E-state index < -0.39 is 0 Å². The van der Waals surface area contributed by atoms with E-state index in [-0.39, 0.29) is 11.1 Å². The predicted octanol–water partition coefficient (Wildman–Crippen LogP) is 2.08. The van der Waals surface area contributed by atoms with Crippen LogP contribution in [0.25, 0.3) is 0 Å². The van der Waals surface area contributed by atoms with Crippen LogP contribution in [0.5, 0.6) is 0 Å². The largest absolute Gasteiger partial charge is 0.511 e. The third kappa shape index (κ3) is 2.52. The lowest BCUT2D eigenvalue weighted by atomic mass is 10.3. The average molecular weight is 121 g/mol. The summed E-state index contributed by atoms with van der Waals surface area (Å²) in [5.41, 5.74) is 0. The van der Waals surface area contributed by atoms with E-state index in [0.717, 1.165) is 6.42 Å². The second kappa shape index (κ2) is 2.92. The van der Waals surface area contributed by atoms with Gasteiger partial charge in [0.2, 0.25) is 0 Å². The number of hydrogen-bond acceptors (Lipinski definition) is 1. The second-order valence-corrected chi connectivity index (χ2v) is 1.89. The Labute approximate surface area is 48.6 Å². The van der Waals surface area contributed by atoms with Gasteiger partial charge < -0.3 is 5.11 Å². The summed E-state index contributed by atoms with van der Waals surface area (Å²) < 4.78 is 0. The van der Waals surface area contributed by atoms with Crippen molar-refractivity contribution in [2.24, 2.45) is 0 Å². The molecule has 7 heavy (non-hydrogen) atoms. The molecular weight excluding hydrogens is 112 g/mol. The normalized spacial score (nSPS) is 13.4. The number of rotatable bonds is 2. The zero-order valence-electron chi connectivity index (χ0n) is 4.32. The molecule has 0 aromatic carbocycles. The molecule has 0 aliphatic rings. The topological polar surface area (TPSA) is 20.2 Å². The van der Waals surface area contributed by atoms with Crippen molar-refractivity contribution in [3.05, 3.63) is 12.3 Å². The number of hydrogen-bond donors (Lipinski definition) is 1. The number of halogens is 1. The molecule has 0 heterocycles. The Morgan fingerprint density at radius 3 is 2.43 bits per heavy atom. The Balaban J connectivity index is 3.34.